The molecular weight excluding hydrogens is 168 g/mol. The standard InChI is InChI=1S/C9H20N2O2/c1-7(2)8(10)6-9(12)11-4-5-13-3/h7-8H,4-6,10H2,1-3H3,(H,11,12). The van der Waals surface area contributed by atoms with Gasteiger partial charge in [-0.25, -0.2) is 0 Å². The van der Waals surface area contributed by atoms with Gasteiger partial charge in [0.05, 0.1) is 6.61 Å². The summed E-state index contributed by atoms with van der Waals surface area (Å²) >= 11 is 0. The van der Waals surface area contributed by atoms with Crippen LogP contribution >= 0.6 is 0 Å². The Morgan fingerprint density at radius 2 is 2.15 bits per heavy atom. The summed E-state index contributed by atoms with van der Waals surface area (Å²) in [4.78, 5) is 11.2. The minimum Gasteiger partial charge on any atom is -0.383 e. The first-order valence-electron chi connectivity index (χ1n) is 4.59. The van der Waals surface area contributed by atoms with Crippen molar-refractivity contribution in [1.82, 2.24) is 5.32 Å². The molecule has 0 rings (SSSR count). The summed E-state index contributed by atoms with van der Waals surface area (Å²) < 4.78 is 4.80. The Kier molecular flexibility index (Phi) is 6.54. The van der Waals surface area contributed by atoms with Crippen LogP contribution in [0.25, 0.3) is 0 Å². The lowest BCUT2D eigenvalue weighted by Crippen LogP contribution is -2.36. The molecule has 0 aliphatic rings. The second-order valence-electron chi connectivity index (χ2n) is 3.45. The van der Waals surface area contributed by atoms with Crippen LogP contribution in [0.1, 0.15) is 20.3 Å². The van der Waals surface area contributed by atoms with Crippen molar-refractivity contribution in [2.45, 2.75) is 26.3 Å². The van der Waals surface area contributed by atoms with Crippen molar-refractivity contribution in [3.63, 3.8) is 0 Å². The fraction of sp³-hybridized carbons (Fsp3) is 0.889. The molecule has 0 aromatic rings. The van der Waals surface area contributed by atoms with Crippen LogP contribution in [0.5, 0.6) is 0 Å². The average molecular weight is 188 g/mol. The number of hydrogen-bond donors (Lipinski definition) is 2. The van der Waals surface area contributed by atoms with E-state index in [0.717, 1.165) is 0 Å². The van der Waals surface area contributed by atoms with E-state index in [0.29, 0.717) is 25.5 Å². The van der Waals surface area contributed by atoms with Gasteiger partial charge in [0.2, 0.25) is 5.91 Å². The Balaban J connectivity index is 3.50. The highest BCUT2D eigenvalue weighted by Gasteiger charge is 2.11. The van der Waals surface area contributed by atoms with Crippen molar-refractivity contribution in [3.8, 4) is 0 Å². The average Bonchev–Trinajstić information content (AvgIpc) is 2.04. The topological polar surface area (TPSA) is 64.3 Å². The van der Waals surface area contributed by atoms with Crippen LogP contribution in [0, 0.1) is 5.92 Å². The van der Waals surface area contributed by atoms with Gasteiger partial charge in [-0.1, -0.05) is 13.8 Å². The molecule has 1 atom stereocenters. The van der Waals surface area contributed by atoms with E-state index in [1.165, 1.54) is 0 Å². The number of rotatable bonds is 6. The summed E-state index contributed by atoms with van der Waals surface area (Å²) in [5.74, 6) is 0.339. The second-order valence-corrected chi connectivity index (χ2v) is 3.45. The van der Waals surface area contributed by atoms with Gasteiger partial charge in [-0.3, -0.25) is 4.79 Å². The van der Waals surface area contributed by atoms with Gasteiger partial charge in [-0.15, -0.1) is 0 Å². The lowest BCUT2D eigenvalue weighted by atomic mass is 10.0. The molecule has 4 nitrogen and oxygen atoms in total. The van der Waals surface area contributed by atoms with Crippen LogP contribution in [0.15, 0.2) is 0 Å². The molecule has 3 N–H and O–H groups in total. The molecule has 0 aliphatic carbocycles. The van der Waals surface area contributed by atoms with E-state index in [1.54, 1.807) is 7.11 Å². The molecule has 0 saturated carbocycles. The molecule has 4 heteroatoms. The maximum absolute atomic E-state index is 11.2. The molecule has 1 amide bonds. The third-order valence-electron chi connectivity index (χ3n) is 1.91. The Hall–Kier alpha value is -0.610. The number of nitrogens with two attached hydrogens (primary N) is 1. The summed E-state index contributed by atoms with van der Waals surface area (Å²) in [6.45, 7) is 5.11. The summed E-state index contributed by atoms with van der Waals surface area (Å²) in [5, 5.41) is 2.73. The number of ether oxygens (including phenoxy) is 1. The van der Waals surface area contributed by atoms with E-state index in [9.17, 15) is 4.79 Å². The Labute approximate surface area is 79.8 Å². The van der Waals surface area contributed by atoms with Crippen LogP contribution in [0.2, 0.25) is 0 Å². The fourth-order valence-corrected chi connectivity index (χ4v) is 0.814. The molecule has 0 saturated heterocycles. The predicted octanol–water partition coefficient (Wildman–Crippen LogP) is 0.122. The number of carbonyl (C=O) groups is 1. The zero-order chi connectivity index (χ0) is 10.3. The van der Waals surface area contributed by atoms with Gasteiger partial charge in [0.15, 0.2) is 0 Å². The van der Waals surface area contributed by atoms with Gasteiger partial charge in [-0.2, -0.15) is 0 Å². The second kappa shape index (κ2) is 6.86. The molecule has 1 unspecified atom stereocenters. The highest BCUT2D eigenvalue weighted by Crippen LogP contribution is 2.01. The Morgan fingerprint density at radius 3 is 2.62 bits per heavy atom. The van der Waals surface area contributed by atoms with E-state index >= 15 is 0 Å². The van der Waals surface area contributed by atoms with E-state index in [-0.39, 0.29) is 11.9 Å². The SMILES string of the molecule is COCCNC(=O)CC(N)C(C)C. The maximum Gasteiger partial charge on any atom is 0.221 e. The molecular formula is C9H20N2O2. The number of carbonyl (C=O) groups excluding carboxylic acids is 1. The van der Waals surface area contributed by atoms with Crippen LogP contribution in [-0.2, 0) is 9.53 Å². The van der Waals surface area contributed by atoms with Crippen molar-refractivity contribution in [1.29, 1.82) is 0 Å². The third-order valence-corrected chi connectivity index (χ3v) is 1.91. The van der Waals surface area contributed by atoms with Crippen LogP contribution in [0.3, 0.4) is 0 Å². The minimum absolute atomic E-state index is 0.00162. The van der Waals surface area contributed by atoms with Gasteiger partial charge in [-0.05, 0) is 5.92 Å². The molecule has 78 valence electrons. The summed E-state index contributed by atoms with van der Waals surface area (Å²) in [7, 11) is 1.60. The number of hydrogen-bond acceptors (Lipinski definition) is 3. The van der Waals surface area contributed by atoms with Crippen molar-refractivity contribution in [3.05, 3.63) is 0 Å². The molecule has 0 aromatic carbocycles. The zero-order valence-electron chi connectivity index (χ0n) is 8.67. The lowest BCUT2D eigenvalue weighted by molar-refractivity contribution is -0.121. The molecule has 0 heterocycles. The van der Waals surface area contributed by atoms with Gasteiger partial charge < -0.3 is 15.8 Å². The third kappa shape index (κ3) is 6.54. The van der Waals surface area contributed by atoms with Gasteiger partial charge in [0.25, 0.3) is 0 Å². The van der Waals surface area contributed by atoms with Crippen LogP contribution in [-0.4, -0.2) is 32.2 Å². The summed E-state index contributed by atoms with van der Waals surface area (Å²) in [5.41, 5.74) is 5.73. The lowest BCUT2D eigenvalue weighted by Gasteiger charge is -2.14. The van der Waals surface area contributed by atoms with Crippen LogP contribution in [0.4, 0.5) is 0 Å². The number of amides is 1. The first kappa shape index (κ1) is 12.4. The number of methoxy groups -OCH3 is 1. The van der Waals surface area contributed by atoms with E-state index in [1.807, 2.05) is 13.8 Å². The molecule has 0 radical (unpaired) electrons. The quantitative estimate of drug-likeness (QED) is 0.582. The molecule has 0 bridgehead atoms. The largest absolute Gasteiger partial charge is 0.383 e. The molecule has 13 heavy (non-hydrogen) atoms. The smallest absolute Gasteiger partial charge is 0.221 e. The van der Waals surface area contributed by atoms with Gasteiger partial charge >= 0.3 is 0 Å². The molecule has 0 aromatic heterocycles. The Morgan fingerprint density at radius 1 is 1.54 bits per heavy atom. The first-order valence-corrected chi connectivity index (χ1v) is 4.59. The highest BCUT2D eigenvalue weighted by atomic mass is 16.5. The van der Waals surface area contributed by atoms with E-state index < -0.39 is 0 Å². The Bertz CT molecular complexity index is 149. The molecule has 0 aliphatic heterocycles. The van der Waals surface area contributed by atoms with E-state index in [2.05, 4.69) is 5.32 Å². The zero-order valence-corrected chi connectivity index (χ0v) is 8.67. The predicted molar refractivity (Wildman–Crippen MR) is 52.3 cm³/mol. The highest BCUT2D eigenvalue weighted by molar-refractivity contribution is 5.76. The summed E-state index contributed by atoms with van der Waals surface area (Å²) in [6.07, 6.45) is 0.390. The van der Waals surface area contributed by atoms with Crippen molar-refractivity contribution in [2.75, 3.05) is 20.3 Å². The summed E-state index contributed by atoms with van der Waals surface area (Å²) in [6, 6.07) is -0.0532. The fourth-order valence-electron chi connectivity index (χ4n) is 0.814. The van der Waals surface area contributed by atoms with Crippen LogP contribution < -0.4 is 11.1 Å². The van der Waals surface area contributed by atoms with Gasteiger partial charge in [0, 0.05) is 26.1 Å². The van der Waals surface area contributed by atoms with Crippen molar-refractivity contribution < 1.29 is 9.53 Å². The minimum atomic E-state index is -0.0532. The van der Waals surface area contributed by atoms with Gasteiger partial charge in [0.1, 0.15) is 0 Å². The van der Waals surface area contributed by atoms with Crippen molar-refractivity contribution in [2.24, 2.45) is 11.7 Å². The maximum atomic E-state index is 11.2. The molecule has 0 fully saturated rings. The monoisotopic (exact) mass is 188 g/mol. The first-order chi connectivity index (χ1) is 6.07. The van der Waals surface area contributed by atoms with Crippen molar-refractivity contribution >= 4 is 5.91 Å². The van der Waals surface area contributed by atoms with E-state index in [4.69, 9.17) is 10.5 Å². The molecule has 0 spiro atoms. The normalized spacial score (nSPS) is 13.0. The number of nitrogens with one attached hydrogen (secondary N) is 1.